The van der Waals surface area contributed by atoms with Gasteiger partial charge >= 0.3 is 5.97 Å². The molecule has 0 bridgehead atoms. The van der Waals surface area contributed by atoms with E-state index >= 15 is 0 Å². The molecule has 0 fully saturated rings. The van der Waals surface area contributed by atoms with Crippen LogP contribution >= 0.6 is 39.1 Å². The number of hydrogen-bond donors (Lipinski definition) is 1. The van der Waals surface area contributed by atoms with Crippen LogP contribution in [0.25, 0.3) is 0 Å². The minimum absolute atomic E-state index is 0.240. The van der Waals surface area contributed by atoms with Crippen molar-refractivity contribution in [3.63, 3.8) is 0 Å². The molecule has 0 radical (unpaired) electrons. The number of ether oxygens (including phenoxy) is 2. The fourth-order valence-corrected chi connectivity index (χ4v) is 3.30. The molecule has 9 heteroatoms. The van der Waals surface area contributed by atoms with E-state index in [0.717, 1.165) is 4.47 Å². The molecule has 31 heavy (non-hydrogen) atoms. The predicted molar refractivity (Wildman–Crippen MR) is 123 cm³/mol. The zero-order valence-corrected chi connectivity index (χ0v) is 18.9. The monoisotopic (exact) mass is 520 g/mol. The van der Waals surface area contributed by atoms with Crippen LogP contribution in [0.2, 0.25) is 10.0 Å². The van der Waals surface area contributed by atoms with Gasteiger partial charge in [-0.15, -0.1) is 0 Å². The average molecular weight is 522 g/mol. The lowest BCUT2D eigenvalue weighted by Crippen LogP contribution is -2.24. The molecule has 0 unspecified atom stereocenters. The number of carbonyl (C=O) groups is 2. The zero-order valence-electron chi connectivity index (χ0n) is 15.8. The molecule has 0 aromatic heterocycles. The molecule has 3 aromatic rings. The van der Waals surface area contributed by atoms with Crippen LogP contribution < -0.4 is 14.9 Å². The Morgan fingerprint density at radius 2 is 1.74 bits per heavy atom. The molecule has 0 atom stereocenters. The van der Waals surface area contributed by atoms with Crippen molar-refractivity contribution in [2.75, 3.05) is 6.61 Å². The van der Waals surface area contributed by atoms with Crippen LogP contribution in [0.15, 0.2) is 76.3 Å². The van der Waals surface area contributed by atoms with Gasteiger partial charge in [0.05, 0.1) is 21.8 Å². The molecule has 0 aliphatic heterocycles. The SMILES string of the molecule is O=C(COc1ccc(Br)cc1Cl)N/N=C/c1ccc(OC(=O)c2ccccc2Cl)cc1. The predicted octanol–water partition coefficient (Wildman–Crippen LogP) is 5.50. The molecular formula is C22H15BrCl2N2O4. The van der Waals surface area contributed by atoms with Gasteiger partial charge in [0.25, 0.3) is 5.91 Å². The van der Waals surface area contributed by atoms with Gasteiger partial charge in [-0.2, -0.15) is 5.10 Å². The Morgan fingerprint density at radius 1 is 1.00 bits per heavy atom. The van der Waals surface area contributed by atoms with Crippen molar-refractivity contribution in [2.24, 2.45) is 5.10 Å². The van der Waals surface area contributed by atoms with Gasteiger partial charge in [0.2, 0.25) is 0 Å². The summed E-state index contributed by atoms with van der Waals surface area (Å²) in [5.41, 5.74) is 3.33. The molecule has 0 spiro atoms. The third-order valence-corrected chi connectivity index (χ3v) is 4.96. The second-order valence-corrected chi connectivity index (χ2v) is 7.83. The molecule has 0 aliphatic rings. The van der Waals surface area contributed by atoms with Crippen molar-refractivity contribution in [1.29, 1.82) is 0 Å². The number of benzene rings is 3. The molecule has 1 N–H and O–H groups in total. The number of rotatable bonds is 7. The van der Waals surface area contributed by atoms with Crippen molar-refractivity contribution >= 4 is 57.2 Å². The van der Waals surface area contributed by atoms with E-state index < -0.39 is 11.9 Å². The number of nitrogens with zero attached hydrogens (tertiary/aromatic N) is 1. The quantitative estimate of drug-likeness (QED) is 0.192. The maximum atomic E-state index is 12.2. The molecule has 0 saturated carbocycles. The molecule has 0 heterocycles. The number of hydrogen-bond acceptors (Lipinski definition) is 5. The van der Waals surface area contributed by atoms with Gasteiger partial charge in [0, 0.05) is 4.47 Å². The lowest BCUT2D eigenvalue weighted by atomic mass is 10.2. The summed E-state index contributed by atoms with van der Waals surface area (Å²) < 4.78 is 11.5. The van der Waals surface area contributed by atoms with Gasteiger partial charge < -0.3 is 9.47 Å². The first-order valence-electron chi connectivity index (χ1n) is 8.89. The largest absolute Gasteiger partial charge is 0.482 e. The van der Waals surface area contributed by atoms with Crippen LogP contribution in [0.3, 0.4) is 0 Å². The summed E-state index contributed by atoms with van der Waals surface area (Å²) in [4.78, 5) is 24.0. The number of esters is 1. The summed E-state index contributed by atoms with van der Waals surface area (Å²) >= 11 is 15.3. The Bertz CT molecular complexity index is 1120. The lowest BCUT2D eigenvalue weighted by molar-refractivity contribution is -0.123. The number of hydrazone groups is 1. The summed E-state index contributed by atoms with van der Waals surface area (Å²) in [6, 6.07) is 18.3. The van der Waals surface area contributed by atoms with Crippen molar-refractivity contribution in [2.45, 2.75) is 0 Å². The summed E-state index contributed by atoms with van der Waals surface area (Å²) in [5.74, 6) is -0.248. The van der Waals surface area contributed by atoms with Gasteiger partial charge in [-0.3, -0.25) is 4.79 Å². The fourth-order valence-electron chi connectivity index (χ4n) is 2.36. The number of nitrogens with one attached hydrogen (secondary N) is 1. The van der Waals surface area contributed by atoms with E-state index in [-0.39, 0.29) is 12.2 Å². The lowest BCUT2D eigenvalue weighted by Gasteiger charge is -2.07. The first-order chi connectivity index (χ1) is 14.9. The first kappa shape index (κ1) is 22.8. The summed E-state index contributed by atoms with van der Waals surface area (Å²) in [5, 5.41) is 4.58. The van der Waals surface area contributed by atoms with Crippen molar-refractivity contribution < 1.29 is 19.1 Å². The van der Waals surface area contributed by atoms with Gasteiger partial charge in [0.15, 0.2) is 6.61 Å². The van der Waals surface area contributed by atoms with Crippen molar-refractivity contribution in [3.05, 3.63) is 92.4 Å². The highest BCUT2D eigenvalue weighted by atomic mass is 79.9. The topological polar surface area (TPSA) is 77.0 Å². The number of carbonyl (C=O) groups excluding carboxylic acids is 2. The Morgan fingerprint density at radius 3 is 2.45 bits per heavy atom. The van der Waals surface area contributed by atoms with E-state index in [9.17, 15) is 9.59 Å². The van der Waals surface area contributed by atoms with Gasteiger partial charge in [-0.1, -0.05) is 51.3 Å². The Hall–Kier alpha value is -2.87. The average Bonchev–Trinajstić information content (AvgIpc) is 2.74. The summed E-state index contributed by atoms with van der Waals surface area (Å²) in [6.45, 7) is -0.240. The molecule has 158 valence electrons. The Labute approximate surface area is 196 Å². The van der Waals surface area contributed by atoms with E-state index in [1.54, 1.807) is 66.7 Å². The third-order valence-electron chi connectivity index (χ3n) is 3.84. The van der Waals surface area contributed by atoms with E-state index in [0.29, 0.717) is 27.1 Å². The van der Waals surface area contributed by atoms with E-state index in [4.69, 9.17) is 32.7 Å². The molecule has 3 aromatic carbocycles. The number of amides is 1. The maximum Gasteiger partial charge on any atom is 0.345 e. The van der Waals surface area contributed by atoms with E-state index in [1.165, 1.54) is 6.21 Å². The van der Waals surface area contributed by atoms with Gasteiger partial charge in [-0.05, 0) is 60.2 Å². The van der Waals surface area contributed by atoms with Crippen LogP contribution in [0.5, 0.6) is 11.5 Å². The smallest absolute Gasteiger partial charge is 0.345 e. The highest BCUT2D eigenvalue weighted by Crippen LogP contribution is 2.27. The van der Waals surface area contributed by atoms with Gasteiger partial charge in [0.1, 0.15) is 11.5 Å². The van der Waals surface area contributed by atoms with Crippen LogP contribution in [0, 0.1) is 0 Å². The van der Waals surface area contributed by atoms with E-state index in [1.807, 2.05) is 0 Å². The van der Waals surface area contributed by atoms with Crippen molar-refractivity contribution in [3.8, 4) is 11.5 Å². The van der Waals surface area contributed by atoms with Crippen LogP contribution in [0.1, 0.15) is 15.9 Å². The Balaban J connectivity index is 1.48. The molecule has 6 nitrogen and oxygen atoms in total. The highest BCUT2D eigenvalue weighted by molar-refractivity contribution is 9.10. The first-order valence-corrected chi connectivity index (χ1v) is 10.4. The fraction of sp³-hybridized carbons (Fsp3) is 0.0455. The van der Waals surface area contributed by atoms with Crippen molar-refractivity contribution in [1.82, 2.24) is 5.43 Å². The van der Waals surface area contributed by atoms with E-state index in [2.05, 4.69) is 26.5 Å². The molecule has 0 aliphatic carbocycles. The molecule has 3 rings (SSSR count). The maximum absolute atomic E-state index is 12.2. The number of halogens is 3. The van der Waals surface area contributed by atoms with Gasteiger partial charge in [-0.25, -0.2) is 10.2 Å². The molecule has 1 amide bonds. The minimum Gasteiger partial charge on any atom is -0.482 e. The van der Waals surface area contributed by atoms with Crippen LogP contribution in [-0.4, -0.2) is 24.7 Å². The summed E-state index contributed by atoms with van der Waals surface area (Å²) in [6.07, 6.45) is 1.45. The third kappa shape index (κ3) is 6.82. The second-order valence-electron chi connectivity index (χ2n) is 6.09. The standard InChI is InChI=1S/C22H15BrCl2N2O4/c23-15-7-10-20(19(25)11-15)30-13-21(28)27-26-12-14-5-8-16(9-6-14)31-22(29)17-3-1-2-4-18(17)24/h1-12H,13H2,(H,27,28)/b26-12+. The zero-order chi connectivity index (χ0) is 22.2. The second kappa shape index (κ2) is 10.9. The normalized spacial score (nSPS) is 10.7. The highest BCUT2D eigenvalue weighted by Gasteiger charge is 2.12. The minimum atomic E-state index is -0.551. The van der Waals surface area contributed by atoms with Crippen LogP contribution in [-0.2, 0) is 4.79 Å². The molecular weight excluding hydrogens is 507 g/mol. The summed E-state index contributed by atoms with van der Waals surface area (Å²) in [7, 11) is 0. The molecule has 0 saturated heterocycles. The Kier molecular flexibility index (Phi) is 8.06. The van der Waals surface area contributed by atoms with Crippen LogP contribution in [0.4, 0.5) is 0 Å².